The van der Waals surface area contributed by atoms with Gasteiger partial charge < -0.3 is 20.4 Å². The number of hydrogen-bond acceptors (Lipinski definition) is 4. The lowest BCUT2D eigenvalue weighted by molar-refractivity contribution is 0.184. The molecular weight excluding hydrogens is 256 g/mol. The van der Waals surface area contributed by atoms with Crippen molar-refractivity contribution in [1.82, 2.24) is 0 Å². The highest BCUT2D eigenvalue weighted by molar-refractivity contribution is 5.99. The van der Waals surface area contributed by atoms with Gasteiger partial charge in [-0.15, -0.1) is 0 Å². The normalized spacial score (nSPS) is 11.3. The fraction of sp³-hybridized carbons (Fsp3) is 0.133. The molecule has 0 saturated heterocycles. The maximum atomic E-state index is 8.78. The smallest absolute Gasteiger partial charge is 0.173 e. The maximum absolute atomic E-state index is 8.78. The first kappa shape index (κ1) is 13.9. The van der Waals surface area contributed by atoms with Crippen molar-refractivity contribution in [3.8, 4) is 11.5 Å². The van der Waals surface area contributed by atoms with Gasteiger partial charge in [-0.2, -0.15) is 0 Å². The quantitative estimate of drug-likeness (QED) is 0.380. The fourth-order valence-corrected chi connectivity index (χ4v) is 1.81. The van der Waals surface area contributed by atoms with Gasteiger partial charge in [0.15, 0.2) is 5.84 Å². The lowest BCUT2D eigenvalue weighted by Crippen LogP contribution is -2.14. The molecule has 104 valence electrons. The maximum Gasteiger partial charge on any atom is 0.173 e. The SMILES string of the molecule is COCc1cccc(Oc2ccccc2C(N)=NO)c1. The Morgan fingerprint density at radius 3 is 2.75 bits per heavy atom. The second-order valence-electron chi connectivity index (χ2n) is 4.16. The van der Waals surface area contributed by atoms with Crippen LogP contribution in [0.2, 0.25) is 0 Å². The van der Waals surface area contributed by atoms with E-state index in [1.165, 1.54) is 0 Å². The van der Waals surface area contributed by atoms with E-state index in [9.17, 15) is 0 Å². The lowest BCUT2D eigenvalue weighted by atomic mass is 10.2. The van der Waals surface area contributed by atoms with Crippen molar-refractivity contribution in [3.63, 3.8) is 0 Å². The van der Waals surface area contributed by atoms with Crippen LogP contribution in [0.3, 0.4) is 0 Å². The first-order valence-corrected chi connectivity index (χ1v) is 6.07. The molecule has 0 saturated carbocycles. The molecule has 2 aromatic rings. The van der Waals surface area contributed by atoms with Crippen molar-refractivity contribution in [3.05, 3.63) is 59.7 Å². The predicted molar refractivity (Wildman–Crippen MR) is 76.2 cm³/mol. The summed E-state index contributed by atoms with van der Waals surface area (Å²) in [7, 11) is 1.64. The summed E-state index contributed by atoms with van der Waals surface area (Å²) < 4.78 is 10.9. The van der Waals surface area contributed by atoms with Gasteiger partial charge in [-0.3, -0.25) is 0 Å². The van der Waals surface area contributed by atoms with Crippen LogP contribution in [0.4, 0.5) is 0 Å². The van der Waals surface area contributed by atoms with Gasteiger partial charge in [0.05, 0.1) is 12.2 Å². The van der Waals surface area contributed by atoms with E-state index in [4.69, 9.17) is 20.4 Å². The van der Waals surface area contributed by atoms with E-state index >= 15 is 0 Å². The first-order chi connectivity index (χ1) is 9.74. The molecule has 3 N–H and O–H groups in total. The Bertz CT molecular complexity index is 612. The van der Waals surface area contributed by atoms with Crippen molar-refractivity contribution < 1.29 is 14.7 Å². The van der Waals surface area contributed by atoms with Gasteiger partial charge in [0.25, 0.3) is 0 Å². The molecule has 0 aromatic heterocycles. The third-order valence-electron chi connectivity index (χ3n) is 2.71. The Labute approximate surface area is 117 Å². The van der Waals surface area contributed by atoms with E-state index in [1.807, 2.05) is 30.3 Å². The van der Waals surface area contributed by atoms with Crippen LogP contribution in [0.5, 0.6) is 11.5 Å². The summed E-state index contributed by atoms with van der Waals surface area (Å²) in [6.07, 6.45) is 0. The van der Waals surface area contributed by atoms with E-state index in [0.29, 0.717) is 23.7 Å². The molecule has 0 aliphatic carbocycles. The molecule has 0 unspecified atom stereocenters. The van der Waals surface area contributed by atoms with Gasteiger partial charge in [0, 0.05) is 7.11 Å². The van der Waals surface area contributed by atoms with Crippen molar-refractivity contribution in [2.45, 2.75) is 6.61 Å². The largest absolute Gasteiger partial charge is 0.457 e. The third kappa shape index (κ3) is 3.27. The minimum absolute atomic E-state index is 0.00801. The number of para-hydroxylation sites is 1. The van der Waals surface area contributed by atoms with E-state index in [1.54, 1.807) is 25.3 Å². The van der Waals surface area contributed by atoms with Crippen molar-refractivity contribution >= 4 is 5.84 Å². The van der Waals surface area contributed by atoms with E-state index in [0.717, 1.165) is 5.56 Å². The Kier molecular flexibility index (Phi) is 4.57. The lowest BCUT2D eigenvalue weighted by Gasteiger charge is -2.11. The first-order valence-electron chi connectivity index (χ1n) is 6.07. The van der Waals surface area contributed by atoms with Gasteiger partial charge >= 0.3 is 0 Å². The van der Waals surface area contributed by atoms with E-state index in [-0.39, 0.29) is 5.84 Å². The number of rotatable bonds is 5. The van der Waals surface area contributed by atoms with Crippen LogP contribution in [0.15, 0.2) is 53.7 Å². The van der Waals surface area contributed by atoms with Crippen LogP contribution >= 0.6 is 0 Å². The summed E-state index contributed by atoms with van der Waals surface area (Å²) in [6.45, 7) is 0.513. The van der Waals surface area contributed by atoms with Gasteiger partial charge in [-0.25, -0.2) is 0 Å². The van der Waals surface area contributed by atoms with Gasteiger partial charge in [-0.05, 0) is 29.8 Å². The number of benzene rings is 2. The average Bonchev–Trinajstić information content (AvgIpc) is 2.48. The molecule has 0 heterocycles. The minimum atomic E-state index is 0.00801. The number of nitrogens with zero attached hydrogens (tertiary/aromatic N) is 1. The topological polar surface area (TPSA) is 77.1 Å². The molecule has 2 aromatic carbocycles. The van der Waals surface area contributed by atoms with Gasteiger partial charge in [-0.1, -0.05) is 29.4 Å². The van der Waals surface area contributed by atoms with Gasteiger partial charge in [0.2, 0.25) is 0 Å². The Hall–Kier alpha value is -2.53. The highest BCUT2D eigenvalue weighted by atomic mass is 16.5. The van der Waals surface area contributed by atoms with Crippen LogP contribution in [-0.4, -0.2) is 18.2 Å². The minimum Gasteiger partial charge on any atom is -0.457 e. The number of ether oxygens (including phenoxy) is 2. The van der Waals surface area contributed by atoms with E-state index in [2.05, 4.69) is 5.16 Å². The number of hydrogen-bond donors (Lipinski definition) is 2. The molecule has 0 spiro atoms. The van der Waals surface area contributed by atoms with Crippen LogP contribution in [0, 0.1) is 0 Å². The Balaban J connectivity index is 2.28. The highest BCUT2D eigenvalue weighted by Gasteiger charge is 2.08. The van der Waals surface area contributed by atoms with Crippen LogP contribution in [-0.2, 0) is 11.3 Å². The molecule has 2 rings (SSSR count). The molecular formula is C15H16N2O3. The third-order valence-corrected chi connectivity index (χ3v) is 2.71. The molecule has 20 heavy (non-hydrogen) atoms. The summed E-state index contributed by atoms with van der Waals surface area (Å²) in [5.74, 6) is 1.20. The fourth-order valence-electron chi connectivity index (χ4n) is 1.81. The molecule has 5 nitrogen and oxygen atoms in total. The summed E-state index contributed by atoms with van der Waals surface area (Å²) >= 11 is 0. The summed E-state index contributed by atoms with van der Waals surface area (Å²) in [5.41, 5.74) is 7.17. The summed E-state index contributed by atoms with van der Waals surface area (Å²) in [6, 6.07) is 14.7. The molecule has 0 atom stereocenters. The van der Waals surface area contributed by atoms with E-state index < -0.39 is 0 Å². The Morgan fingerprint density at radius 2 is 2.00 bits per heavy atom. The second kappa shape index (κ2) is 6.58. The number of amidine groups is 1. The zero-order valence-corrected chi connectivity index (χ0v) is 11.1. The number of nitrogens with two attached hydrogens (primary N) is 1. The average molecular weight is 272 g/mol. The molecule has 5 heteroatoms. The van der Waals surface area contributed by atoms with Crippen molar-refractivity contribution in [2.75, 3.05) is 7.11 Å². The van der Waals surface area contributed by atoms with Gasteiger partial charge in [0.1, 0.15) is 11.5 Å². The highest BCUT2D eigenvalue weighted by Crippen LogP contribution is 2.25. The Morgan fingerprint density at radius 1 is 1.20 bits per heavy atom. The monoisotopic (exact) mass is 272 g/mol. The summed E-state index contributed by atoms with van der Waals surface area (Å²) in [5, 5.41) is 11.8. The number of oxime groups is 1. The molecule has 0 aliphatic rings. The van der Waals surface area contributed by atoms with Crippen molar-refractivity contribution in [1.29, 1.82) is 0 Å². The molecule has 0 bridgehead atoms. The predicted octanol–water partition coefficient (Wildman–Crippen LogP) is 2.72. The second-order valence-corrected chi connectivity index (χ2v) is 4.16. The molecule has 0 aliphatic heterocycles. The zero-order valence-electron chi connectivity index (χ0n) is 11.1. The van der Waals surface area contributed by atoms with Crippen LogP contribution < -0.4 is 10.5 Å². The standard InChI is InChI=1S/C15H16N2O3/c1-19-10-11-5-4-6-12(9-11)20-14-8-3-2-7-13(14)15(16)17-18/h2-9,18H,10H2,1H3,(H2,16,17). The zero-order chi connectivity index (χ0) is 14.4. The molecule has 0 fully saturated rings. The van der Waals surface area contributed by atoms with Crippen molar-refractivity contribution in [2.24, 2.45) is 10.9 Å². The van der Waals surface area contributed by atoms with Crippen LogP contribution in [0.1, 0.15) is 11.1 Å². The molecule has 0 radical (unpaired) electrons. The summed E-state index contributed by atoms with van der Waals surface area (Å²) in [4.78, 5) is 0. The molecule has 0 amide bonds. The van der Waals surface area contributed by atoms with Crippen LogP contribution in [0.25, 0.3) is 0 Å². The number of methoxy groups -OCH3 is 1.